The molecule has 0 bridgehead atoms. The van der Waals surface area contributed by atoms with E-state index in [0.717, 1.165) is 12.0 Å². The number of hydrogen-bond acceptors (Lipinski definition) is 5. The monoisotopic (exact) mass is 288 g/mol. The number of piperidine rings is 1. The third-order valence-electron chi connectivity index (χ3n) is 4.03. The van der Waals surface area contributed by atoms with E-state index >= 15 is 0 Å². The van der Waals surface area contributed by atoms with Crippen molar-refractivity contribution < 1.29 is 9.53 Å². The van der Waals surface area contributed by atoms with Gasteiger partial charge in [0.2, 0.25) is 0 Å². The third-order valence-corrected chi connectivity index (χ3v) is 4.03. The summed E-state index contributed by atoms with van der Waals surface area (Å²) in [5.41, 5.74) is 6.68. The highest BCUT2D eigenvalue weighted by Crippen LogP contribution is 2.20. The molecule has 0 spiro atoms. The highest BCUT2D eigenvalue weighted by Gasteiger charge is 2.34. The second-order valence-corrected chi connectivity index (χ2v) is 5.51. The molecule has 3 N–H and O–H groups in total. The number of aliphatic imine (C=N–C) groups is 1. The number of ether oxygens (including phenoxy) is 1. The molecule has 2 atom stereocenters. The quantitative estimate of drug-likeness (QED) is 0.848. The largest absolute Gasteiger partial charge is 0.445 e. The maximum absolute atomic E-state index is 12.1. The average Bonchev–Trinajstić information content (AvgIpc) is 2.53. The fourth-order valence-corrected chi connectivity index (χ4v) is 2.83. The maximum Gasteiger partial charge on any atom is 0.410 e. The molecule has 1 aromatic rings. The molecule has 2 heterocycles. The molecule has 2 aliphatic heterocycles. The van der Waals surface area contributed by atoms with Gasteiger partial charge >= 0.3 is 6.09 Å². The van der Waals surface area contributed by atoms with E-state index in [0.29, 0.717) is 44.2 Å². The minimum absolute atomic E-state index is 0.250. The van der Waals surface area contributed by atoms with Crippen LogP contribution in [-0.2, 0) is 11.3 Å². The van der Waals surface area contributed by atoms with E-state index in [1.807, 2.05) is 30.3 Å². The van der Waals surface area contributed by atoms with Crippen LogP contribution in [0, 0.1) is 5.92 Å². The molecule has 1 fully saturated rings. The summed E-state index contributed by atoms with van der Waals surface area (Å²) in [6.45, 7) is 2.34. The van der Waals surface area contributed by atoms with E-state index in [1.54, 1.807) is 4.90 Å². The number of amides is 1. The van der Waals surface area contributed by atoms with Gasteiger partial charge in [-0.3, -0.25) is 4.99 Å². The van der Waals surface area contributed by atoms with Gasteiger partial charge in [0.25, 0.3) is 0 Å². The first-order valence-electron chi connectivity index (χ1n) is 7.24. The van der Waals surface area contributed by atoms with Gasteiger partial charge in [0.1, 0.15) is 6.61 Å². The maximum atomic E-state index is 12.1. The van der Waals surface area contributed by atoms with Crippen LogP contribution in [0.25, 0.3) is 0 Å². The van der Waals surface area contributed by atoms with Gasteiger partial charge in [0.05, 0.1) is 0 Å². The van der Waals surface area contributed by atoms with E-state index in [9.17, 15) is 4.79 Å². The Morgan fingerprint density at radius 3 is 3.05 bits per heavy atom. The number of nitrogens with zero attached hydrogens (tertiary/aromatic N) is 2. The van der Waals surface area contributed by atoms with Crippen LogP contribution in [0.4, 0.5) is 4.79 Å². The van der Waals surface area contributed by atoms with Crippen LogP contribution in [0.5, 0.6) is 0 Å². The van der Waals surface area contributed by atoms with Crippen molar-refractivity contribution in [2.45, 2.75) is 19.1 Å². The Morgan fingerprint density at radius 1 is 1.43 bits per heavy atom. The summed E-state index contributed by atoms with van der Waals surface area (Å²) in [4.78, 5) is 18.1. The molecule has 1 amide bonds. The van der Waals surface area contributed by atoms with E-state index in [2.05, 4.69) is 10.3 Å². The average molecular weight is 288 g/mol. The van der Waals surface area contributed by atoms with Crippen molar-refractivity contribution in [1.29, 1.82) is 0 Å². The van der Waals surface area contributed by atoms with E-state index in [4.69, 9.17) is 10.5 Å². The molecule has 21 heavy (non-hydrogen) atoms. The van der Waals surface area contributed by atoms with Crippen molar-refractivity contribution in [3.05, 3.63) is 35.9 Å². The Bertz CT molecular complexity index is 532. The second-order valence-electron chi connectivity index (χ2n) is 5.51. The van der Waals surface area contributed by atoms with Crippen LogP contribution in [0.3, 0.4) is 0 Å². The molecule has 0 saturated carbocycles. The molecule has 112 valence electrons. The lowest BCUT2D eigenvalue weighted by atomic mass is 9.91. The van der Waals surface area contributed by atoms with Crippen molar-refractivity contribution in [3.63, 3.8) is 0 Å². The summed E-state index contributed by atoms with van der Waals surface area (Å²) in [5, 5.41) is 3.18. The molecule has 0 radical (unpaired) electrons. The van der Waals surface area contributed by atoms with Crippen LogP contribution in [0.1, 0.15) is 12.0 Å². The summed E-state index contributed by atoms with van der Waals surface area (Å²) in [6.07, 6.45) is 0.626. The molecule has 0 aromatic heterocycles. The summed E-state index contributed by atoms with van der Waals surface area (Å²) in [7, 11) is 0. The zero-order valence-electron chi connectivity index (χ0n) is 11.9. The SMILES string of the molecule is NC1=NCC2CN(C(=O)OCc3ccccc3)CCC2N1. The molecular weight excluding hydrogens is 268 g/mol. The van der Waals surface area contributed by atoms with Gasteiger partial charge < -0.3 is 20.7 Å². The summed E-state index contributed by atoms with van der Waals surface area (Å²) in [6, 6.07) is 10.0. The number of likely N-dealkylation sites (tertiary alicyclic amines) is 1. The van der Waals surface area contributed by atoms with Gasteiger partial charge in [-0.25, -0.2) is 4.79 Å². The summed E-state index contributed by atoms with van der Waals surface area (Å²) < 4.78 is 5.37. The van der Waals surface area contributed by atoms with Gasteiger partial charge in [-0.1, -0.05) is 30.3 Å². The molecule has 1 aromatic carbocycles. The zero-order chi connectivity index (χ0) is 14.7. The number of benzene rings is 1. The lowest BCUT2D eigenvalue weighted by Crippen LogP contribution is -2.57. The molecule has 6 nitrogen and oxygen atoms in total. The van der Waals surface area contributed by atoms with Crippen LogP contribution in [0.2, 0.25) is 0 Å². The number of hydrogen-bond donors (Lipinski definition) is 2. The van der Waals surface area contributed by atoms with Gasteiger partial charge in [-0.2, -0.15) is 0 Å². The highest BCUT2D eigenvalue weighted by atomic mass is 16.6. The fourth-order valence-electron chi connectivity index (χ4n) is 2.83. The van der Waals surface area contributed by atoms with Crippen molar-refractivity contribution in [2.24, 2.45) is 16.6 Å². The molecule has 2 aliphatic rings. The summed E-state index contributed by atoms with van der Waals surface area (Å²) >= 11 is 0. The number of fused-ring (bicyclic) bond motifs is 1. The van der Waals surface area contributed by atoms with Gasteiger partial charge in [-0.05, 0) is 12.0 Å². The number of nitrogens with one attached hydrogen (secondary N) is 1. The topological polar surface area (TPSA) is 80.0 Å². The van der Waals surface area contributed by atoms with E-state index in [1.165, 1.54) is 0 Å². The number of carbonyl (C=O) groups is 1. The van der Waals surface area contributed by atoms with Crippen LogP contribution in [0.15, 0.2) is 35.3 Å². The predicted molar refractivity (Wildman–Crippen MR) is 79.7 cm³/mol. The van der Waals surface area contributed by atoms with E-state index in [-0.39, 0.29) is 6.09 Å². The Kier molecular flexibility index (Phi) is 3.94. The van der Waals surface area contributed by atoms with Crippen molar-refractivity contribution >= 4 is 12.1 Å². The summed E-state index contributed by atoms with van der Waals surface area (Å²) in [5.74, 6) is 0.826. The number of guanidine groups is 1. The van der Waals surface area contributed by atoms with Gasteiger partial charge in [0.15, 0.2) is 5.96 Å². The fraction of sp³-hybridized carbons (Fsp3) is 0.467. The lowest BCUT2D eigenvalue weighted by Gasteiger charge is -2.39. The predicted octanol–water partition coefficient (Wildman–Crippen LogP) is 0.932. The Labute approximate surface area is 124 Å². The minimum atomic E-state index is -0.250. The smallest absolute Gasteiger partial charge is 0.410 e. The molecule has 2 unspecified atom stereocenters. The molecule has 1 saturated heterocycles. The number of carbonyl (C=O) groups excluding carboxylic acids is 1. The van der Waals surface area contributed by atoms with Crippen molar-refractivity contribution in [2.75, 3.05) is 19.6 Å². The normalized spacial score (nSPS) is 24.6. The van der Waals surface area contributed by atoms with Gasteiger partial charge in [-0.15, -0.1) is 0 Å². The zero-order valence-corrected chi connectivity index (χ0v) is 11.9. The molecule has 6 heteroatoms. The first-order valence-corrected chi connectivity index (χ1v) is 7.24. The van der Waals surface area contributed by atoms with E-state index < -0.39 is 0 Å². The first kappa shape index (κ1) is 13.7. The molecule has 0 aliphatic carbocycles. The third kappa shape index (κ3) is 3.26. The highest BCUT2D eigenvalue weighted by molar-refractivity contribution is 5.79. The molecular formula is C15H20N4O2. The minimum Gasteiger partial charge on any atom is -0.445 e. The van der Waals surface area contributed by atoms with Crippen LogP contribution in [-0.4, -0.2) is 42.6 Å². The Morgan fingerprint density at radius 2 is 2.24 bits per heavy atom. The van der Waals surface area contributed by atoms with Crippen molar-refractivity contribution in [3.8, 4) is 0 Å². The Hall–Kier alpha value is -2.24. The van der Waals surface area contributed by atoms with Gasteiger partial charge in [0, 0.05) is 31.6 Å². The van der Waals surface area contributed by atoms with Crippen molar-refractivity contribution in [1.82, 2.24) is 10.2 Å². The molecule has 3 rings (SSSR count). The number of nitrogens with two attached hydrogens (primary N) is 1. The van der Waals surface area contributed by atoms with Crippen LogP contribution < -0.4 is 11.1 Å². The Balaban J connectivity index is 1.52. The first-order chi connectivity index (χ1) is 10.2. The number of rotatable bonds is 2. The standard InChI is InChI=1S/C15H20N4O2/c16-14-17-8-12-9-19(7-6-13(12)18-14)15(20)21-10-11-4-2-1-3-5-11/h1-5,12-13H,6-10H2,(H3,16,17,18). The second kappa shape index (κ2) is 6.03. The van der Waals surface area contributed by atoms with Crippen LogP contribution >= 0.6 is 0 Å². The lowest BCUT2D eigenvalue weighted by molar-refractivity contribution is 0.0730.